The number of halogens is 1. The summed E-state index contributed by atoms with van der Waals surface area (Å²) in [7, 11) is 0. The lowest BCUT2D eigenvalue weighted by Crippen LogP contribution is -2.28. The number of allylic oxidation sites excluding steroid dienone is 2. The zero-order valence-electron chi connectivity index (χ0n) is 6.69. The van der Waals surface area contributed by atoms with E-state index in [9.17, 15) is 5.11 Å². The van der Waals surface area contributed by atoms with E-state index in [1.54, 1.807) is 0 Å². The van der Waals surface area contributed by atoms with Gasteiger partial charge in [0.1, 0.15) is 5.76 Å². The average Bonchev–Trinajstić information content (AvgIpc) is 2.01. The minimum atomic E-state index is 0.0157. The molecule has 2 nitrogen and oxygen atoms in total. The highest BCUT2D eigenvalue weighted by Crippen LogP contribution is 2.19. The molecule has 0 bridgehead atoms. The summed E-state index contributed by atoms with van der Waals surface area (Å²) in [4.78, 5) is 0. The van der Waals surface area contributed by atoms with Gasteiger partial charge in [-0.3, -0.25) is 0 Å². The molecule has 0 fully saturated rings. The maximum atomic E-state index is 9.47. The second-order valence-corrected chi connectivity index (χ2v) is 2.97. The van der Waals surface area contributed by atoms with Crippen LogP contribution >= 0.6 is 11.6 Å². The molecule has 0 amide bonds. The summed E-state index contributed by atoms with van der Waals surface area (Å²) in [5.41, 5.74) is 1.86. The van der Waals surface area contributed by atoms with Gasteiger partial charge < -0.3 is 10.4 Å². The minimum Gasteiger partial charge on any atom is -0.510 e. The van der Waals surface area contributed by atoms with E-state index in [0.717, 1.165) is 11.1 Å². The van der Waals surface area contributed by atoms with Crippen molar-refractivity contribution in [2.24, 2.45) is 0 Å². The molecule has 0 saturated carbocycles. The van der Waals surface area contributed by atoms with Crippen molar-refractivity contribution in [1.82, 2.24) is 5.32 Å². The lowest BCUT2D eigenvalue weighted by atomic mass is 10.0. The van der Waals surface area contributed by atoms with Crippen LogP contribution in [-0.2, 0) is 0 Å². The number of aliphatic hydroxyl groups is 1. The largest absolute Gasteiger partial charge is 0.510 e. The van der Waals surface area contributed by atoms with Crippen LogP contribution in [0, 0.1) is 0 Å². The van der Waals surface area contributed by atoms with Crippen LogP contribution < -0.4 is 5.32 Å². The lowest BCUT2D eigenvalue weighted by molar-refractivity contribution is 0.351. The summed E-state index contributed by atoms with van der Waals surface area (Å²) in [6.45, 7) is 3.78. The van der Waals surface area contributed by atoms with Crippen molar-refractivity contribution >= 4 is 11.6 Å². The van der Waals surface area contributed by atoms with E-state index >= 15 is 0 Å². The van der Waals surface area contributed by atoms with Crippen molar-refractivity contribution in [2.45, 2.75) is 19.9 Å². The summed E-state index contributed by atoms with van der Waals surface area (Å²) in [5, 5.41) is 12.5. The van der Waals surface area contributed by atoms with Gasteiger partial charge >= 0.3 is 0 Å². The first-order valence-corrected chi connectivity index (χ1v) is 4.11. The number of hydrogen-bond acceptors (Lipinski definition) is 2. The lowest BCUT2D eigenvalue weighted by Gasteiger charge is -2.21. The molecule has 0 radical (unpaired) electrons. The molecule has 1 rings (SSSR count). The van der Waals surface area contributed by atoms with E-state index in [1.807, 2.05) is 20.0 Å². The third-order valence-electron chi connectivity index (χ3n) is 1.93. The maximum absolute atomic E-state index is 9.47. The molecule has 3 heteroatoms. The van der Waals surface area contributed by atoms with E-state index in [4.69, 9.17) is 11.6 Å². The van der Waals surface area contributed by atoms with Crippen LogP contribution in [0.1, 0.15) is 13.8 Å². The van der Waals surface area contributed by atoms with Gasteiger partial charge in [-0.2, -0.15) is 0 Å². The van der Waals surface area contributed by atoms with Gasteiger partial charge in [-0.25, -0.2) is 0 Å². The molecule has 1 aliphatic rings. The fraction of sp³-hybridized carbons (Fsp3) is 0.500. The topological polar surface area (TPSA) is 32.3 Å². The van der Waals surface area contributed by atoms with Crippen LogP contribution in [0.3, 0.4) is 0 Å². The molecule has 1 atom stereocenters. The van der Waals surface area contributed by atoms with E-state index in [-0.39, 0.29) is 6.04 Å². The Labute approximate surface area is 71.6 Å². The quantitative estimate of drug-likeness (QED) is 0.594. The fourth-order valence-electron chi connectivity index (χ4n) is 1.04. The molecule has 0 aliphatic carbocycles. The van der Waals surface area contributed by atoms with E-state index < -0.39 is 0 Å². The highest BCUT2D eigenvalue weighted by atomic mass is 35.5. The Bertz CT molecular complexity index is 220. The van der Waals surface area contributed by atoms with Gasteiger partial charge in [0.05, 0.1) is 6.04 Å². The highest BCUT2D eigenvalue weighted by Gasteiger charge is 2.15. The number of alkyl halides is 1. The third kappa shape index (κ3) is 1.51. The number of hydrogen-bond donors (Lipinski definition) is 2. The van der Waals surface area contributed by atoms with Crippen molar-refractivity contribution in [3.05, 3.63) is 23.1 Å². The van der Waals surface area contributed by atoms with Gasteiger partial charge in [0.15, 0.2) is 0 Å². The average molecular weight is 174 g/mol. The van der Waals surface area contributed by atoms with E-state index in [1.165, 1.54) is 0 Å². The van der Waals surface area contributed by atoms with Crippen molar-refractivity contribution in [1.29, 1.82) is 0 Å². The summed E-state index contributed by atoms with van der Waals surface area (Å²) in [6.07, 6.45) is 1.85. The zero-order chi connectivity index (χ0) is 8.43. The van der Waals surface area contributed by atoms with Crippen LogP contribution in [-0.4, -0.2) is 17.0 Å². The van der Waals surface area contributed by atoms with Gasteiger partial charge in [-0.15, -0.1) is 11.6 Å². The molecule has 0 aromatic rings. The van der Waals surface area contributed by atoms with E-state index in [2.05, 4.69) is 5.32 Å². The minimum absolute atomic E-state index is 0.0157. The van der Waals surface area contributed by atoms with Gasteiger partial charge in [0.25, 0.3) is 0 Å². The SMILES string of the molecule is CC1=C(O)C(C)NC=C1CCl. The van der Waals surface area contributed by atoms with E-state index in [0.29, 0.717) is 11.6 Å². The normalized spacial score (nSPS) is 24.6. The van der Waals surface area contributed by atoms with Crippen molar-refractivity contribution in [3.63, 3.8) is 0 Å². The third-order valence-corrected chi connectivity index (χ3v) is 2.22. The Balaban J connectivity index is 2.90. The van der Waals surface area contributed by atoms with Crippen molar-refractivity contribution in [3.8, 4) is 0 Å². The Hall–Kier alpha value is -0.630. The van der Waals surface area contributed by atoms with Crippen LogP contribution in [0.5, 0.6) is 0 Å². The van der Waals surface area contributed by atoms with Crippen molar-refractivity contribution < 1.29 is 5.11 Å². The van der Waals surface area contributed by atoms with Gasteiger partial charge in [-0.05, 0) is 25.0 Å². The second kappa shape index (κ2) is 3.18. The predicted octanol–water partition coefficient (Wildman–Crippen LogP) is 1.93. The molecule has 2 N–H and O–H groups in total. The van der Waals surface area contributed by atoms with Gasteiger partial charge in [0, 0.05) is 12.1 Å². The molecule has 0 aromatic heterocycles. The molecule has 0 saturated heterocycles. The summed E-state index contributed by atoms with van der Waals surface area (Å²) in [5.74, 6) is 0.832. The Morgan fingerprint density at radius 3 is 2.91 bits per heavy atom. The Morgan fingerprint density at radius 2 is 2.36 bits per heavy atom. The Morgan fingerprint density at radius 1 is 1.73 bits per heavy atom. The molecule has 1 aliphatic heterocycles. The first kappa shape index (κ1) is 8.47. The summed E-state index contributed by atoms with van der Waals surface area (Å²) in [6, 6.07) is 0.0157. The van der Waals surface area contributed by atoms with Crippen LogP contribution in [0.25, 0.3) is 0 Å². The molecular weight excluding hydrogens is 162 g/mol. The molecule has 0 aromatic carbocycles. The van der Waals surface area contributed by atoms with Crippen LogP contribution in [0.2, 0.25) is 0 Å². The number of aliphatic hydroxyl groups excluding tert-OH is 1. The predicted molar refractivity (Wildman–Crippen MR) is 46.7 cm³/mol. The molecule has 62 valence electrons. The van der Waals surface area contributed by atoms with Crippen LogP contribution in [0.4, 0.5) is 0 Å². The van der Waals surface area contributed by atoms with Gasteiger partial charge in [0.2, 0.25) is 0 Å². The standard InChI is InChI=1S/C8H12ClNO/c1-5-7(3-9)4-10-6(2)8(5)11/h4,6,10-11H,3H2,1-2H3. The number of dihydropyridines is 1. The highest BCUT2D eigenvalue weighted by molar-refractivity contribution is 6.19. The second-order valence-electron chi connectivity index (χ2n) is 2.70. The summed E-state index contributed by atoms with van der Waals surface area (Å²) >= 11 is 5.63. The number of rotatable bonds is 1. The monoisotopic (exact) mass is 173 g/mol. The maximum Gasteiger partial charge on any atom is 0.117 e. The summed E-state index contributed by atoms with van der Waals surface area (Å²) < 4.78 is 0. The van der Waals surface area contributed by atoms with Gasteiger partial charge in [-0.1, -0.05) is 0 Å². The molecule has 11 heavy (non-hydrogen) atoms. The smallest absolute Gasteiger partial charge is 0.117 e. The molecule has 1 heterocycles. The molecule has 1 unspecified atom stereocenters. The molecular formula is C8H12ClNO. The van der Waals surface area contributed by atoms with Crippen LogP contribution in [0.15, 0.2) is 23.1 Å². The van der Waals surface area contributed by atoms with Crippen molar-refractivity contribution in [2.75, 3.05) is 5.88 Å². The first-order chi connectivity index (χ1) is 5.16. The first-order valence-electron chi connectivity index (χ1n) is 3.58. The Kier molecular flexibility index (Phi) is 2.45. The zero-order valence-corrected chi connectivity index (χ0v) is 7.44. The molecule has 0 spiro atoms. The number of nitrogens with one attached hydrogen (secondary N) is 1. The fourth-order valence-corrected chi connectivity index (χ4v) is 1.32.